The lowest BCUT2D eigenvalue weighted by Gasteiger charge is -1.97. The average molecular weight is 201 g/mol. The SMILES string of the molecule is C=C(Cl)c1ccc(C(=O)Cl)cc1. The maximum absolute atomic E-state index is 10.6. The van der Waals surface area contributed by atoms with Gasteiger partial charge in [0.15, 0.2) is 0 Å². The van der Waals surface area contributed by atoms with Gasteiger partial charge in [-0.1, -0.05) is 30.3 Å². The molecule has 62 valence electrons. The van der Waals surface area contributed by atoms with Gasteiger partial charge in [-0.2, -0.15) is 0 Å². The van der Waals surface area contributed by atoms with E-state index in [-0.39, 0.29) is 0 Å². The van der Waals surface area contributed by atoms with E-state index in [2.05, 4.69) is 6.58 Å². The van der Waals surface area contributed by atoms with Crippen molar-refractivity contribution in [3.63, 3.8) is 0 Å². The van der Waals surface area contributed by atoms with Gasteiger partial charge < -0.3 is 0 Å². The summed E-state index contributed by atoms with van der Waals surface area (Å²) in [5, 5.41) is -0.0229. The zero-order valence-electron chi connectivity index (χ0n) is 6.18. The number of rotatable bonds is 2. The monoisotopic (exact) mass is 200 g/mol. The molecular formula is C9H6Cl2O. The lowest BCUT2D eigenvalue weighted by Crippen LogP contribution is -1.87. The van der Waals surface area contributed by atoms with E-state index in [1.165, 1.54) is 0 Å². The van der Waals surface area contributed by atoms with Crippen LogP contribution >= 0.6 is 23.2 Å². The number of hydrogen-bond acceptors (Lipinski definition) is 1. The molecule has 0 aliphatic rings. The third-order valence-corrected chi connectivity index (χ3v) is 1.86. The van der Waals surface area contributed by atoms with E-state index in [1.807, 2.05) is 0 Å². The van der Waals surface area contributed by atoms with Gasteiger partial charge in [-0.05, 0) is 29.3 Å². The molecule has 3 heteroatoms. The minimum absolute atomic E-state index is 0.448. The molecule has 0 spiro atoms. The topological polar surface area (TPSA) is 17.1 Å². The molecule has 0 aromatic heterocycles. The Kier molecular flexibility index (Phi) is 2.90. The van der Waals surface area contributed by atoms with Crippen LogP contribution in [0.25, 0.3) is 5.03 Å². The lowest BCUT2D eigenvalue weighted by molar-refractivity contribution is 0.108. The summed E-state index contributed by atoms with van der Waals surface area (Å²) in [5.74, 6) is 0. The number of benzene rings is 1. The minimum Gasteiger partial charge on any atom is -0.276 e. The largest absolute Gasteiger partial charge is 0.276 e. The van der Waals surface area contributed by atoms with Crippen LogP contribution in [0.4, 0.5) is 0 Å². The number of carbonyl (C=O) groups is 1. The maximum Gasteiger partial charge on any atom is 0.252 e. The molecule has 1 aromatic carbocycles. The first-order chi connectivity index (χ1) is 5.61. The van der Waals surface area contributed by atoms with Crippen LogP contribution in [-0.4, -0.2) is 5.24 Å². The molecule has 0 heterocycles. The summed E-state index contributed by atoms with van der Waals surface area (Å²) >= 11 is 10.9. The van der Waals surface area contributed by atoms with Gasteiger partial charge in [-0.25, -0.2) is 0 Å². The molecule has 1 aromatic rings. The van der Waals surface area contributed by atoms with Crippen LogP contribution in [0, 0.1) is 0 Å². The van der Waals surface area contributed by atoms with Crippen molar-refractivity contribution in [3.8, 4) is 0 Å². The van der Waals surface area contributed by atoms with E-state index in [0.717, 1.165) is 5.56 Å². The predicted octanol–water partition coefficient (Wildman–Crippen LogP) is 3.28. The molecule has 0 aliphatic heterocycles. The molecule has 0 radical (unpaired) electrons. The third-order valence-electron chi connectivity index (χ3n) is 1.43. The summed E-state index contributed by atoms with van der Waals surface area (Å²) in [6.45, 7) is 3.55. The molecule has 0 fully saturated rings. The normalized spacial score (nSPS) is 9.50. The van der Waals surface area contributed by atoms with Gasteiger partial charge in [0.2, 0.25) is 0 Å². The summed E-state index contributed by atoms with van der Waals surface area (Å²) in [6, 6.07) is 6.62. The van der Waals surface area contributed by atoms with Crippen molar-refractivity contribution in [2.45, 2.75) is 0 Å². The minimum atomic E-state index is -0.471. The standard InChI is InChI=1S/C9H6Cl2O/c1-6(10)7-2-4-8(5-3-7)9(11)12/h2-5H,1H2. The highest BCUT2D eigenvalue weighted by molar-refractivity contribution is 6.67. The fourth-order valence-electron chi connectivity index (χ4n) is 0.782. The summed E-state index contributed by atoms with van der Waals surface area (Å²) in [6.07, 6.45) is 0. The van der Waals surface area contributed by atoms with Gasteiger partial charge in [-0.3, -0.25) is 4.79 Å². The average Bonchev–Trinajstić information content (AvgIpc) is 2.04. The lowest BCUT2D eigenvalue weighted by atomic mass is 10.1. The van der Waals surface area contributed by atoms with Crippen LogP contribution in [0.3, 0.4) is 0 Å². The molecule has 0 unspecified atom stereocenters. The number of hydrogen-bond donors (Lipinski definition) is 0. The zero-order valence-corrected chi connectivity index (χ0v) is 7.69. The molecule has 0 aliphatic carbocycles. The van der Waals surface area contributed by atoms with Gasteiger partial charge in [0.25, 0.3) is 5.24 Å². The molecule has 0 bridgehead atoms. The Hall–Kier alpha value is -0.790. The van der Waals surface area contributed by atoms with Gasteiger partial charge in [0.1, 0.15) is 0 Å². The summed E-state index contributed by atoms with van der Waals surface area (Å²) in [4.78, 5) is 10.6. The Labute approximate surface area is 80.6 Å². The van der Waals surface area contributed by atoms with Crippen LogP contribution in [0.1, 0.15) is 15.9 Å². The van der Waals surface area contributed by atoms with Crippen LogP contribution in [0.2, 0.25) is 0 Å². The predicted molar refractivity (Wildman–Crippen MR) is 51.5 cm³/mol. The second-order valence-electron chi connectivity index (χ2n) is 2.26. The Morgan fingerprint density at radius 3 is 1.83 bits per heavy atom. The van der Waals surface area contributed by atoms with E-state index < -0.39 is 5.24 Å². The maximum atomic E-state index is 10.6. The molecule has 0 amide bonds. The van der Waals surface area contributed by atoms with Gasteiger partial charge in [0.05, 0.1) is 0 Å². The highest BCUT2D eigenvalue weighted by Gasteiger charge is 2.01. The Morgan fingerprint density at radius 1 is 1.08 bits per heavy atom. The van der Waals surface area contributed by atoms with Crippen molar-refractivity contribution in [1.82, 2.24) is 0 Å². The van der Waals surface area contributed by atoms with E-state index in [4.69, 9.17) is 23.2 Å². The van der Waals surface area contributed by atoms with Crippen molar-refractivity contribution in [2.24, 2.45) is 0 Å². The third kappa shape index (κ3) is 2.10. The van der Waals surface area contributed by atoms with E-state index in [0.29, 0.717) is 10.6 Å². The highest BCUT2D eigenvalue weighted by atomic mass is 35.5. The number of carbonyl (C=O) groups excluding carboxylic acids is 1. The molecule has 12 heavy (non-hydrogen) atoms. The van der Waals surface area contributed by atoms with Gasteiger partial charge in [0, 0.05) is 10.6 Å². The molecule has 0 N–H and O–H groups in total. The van der Waals surface area contributed by atoms with Crippen molar-refractivity contribution in [1.29, 1.82) is 0 Å². The summed E-state index contributed by atoms with van der Waals surface area (Å²) < 4.78 is 0. The first-order valence-corrected chi connectivity index (χ1v) is 4.01. The summed E-state index contributed by atoms with van der Waals surface area (Å²) in [5.41, 5.74) is 1.25. The second kappa shape index (κ2) is 3.74. The molecular weight excluding hydrogens is 195 g/mol. The van der Waals surface area contributed by atoms with E-state index >= 15 is 0 Å². The van der Waals surface area contributed by atoms with Crippen molar-refractivity contribution in [2.75, 3.05) is 0 Å². The molecule has 1 nitrogen and oxygen atoms in total. The van der Waals surface area contributed by atoms with Crippen LogP contribution in [0.5, 0.6) is 0 Å². The first-order valence-electron chi connectivity index (χ1n) is 3.26. The van der Waals surface area contributed by atoms with Gasteiger partial charge >= 0.3 is 0 Å². The quantitative estimate of drug-likeness (QED) is 0.671. The summed E-state index contributed by atoms with van der Waals surface area (Å²) in [7, 11) is 0. The fourth-order valence-corrected chi connectivity index (χ4v) is 1.03. The van der Waals surface area contributed by atoms with E-state index in [9.17, 15) is 4.79 Å². The smallest absolute Gasteiger partial charge is 0.252 e. The fraction of sp³-hybridized carbons (Fsp3) is 0. The second-order valence-corrected chi connectivity index (χ2v) is 3.06. The van der Waals surface area contributed by atoms with Gasteiger partial charge in [-0.15, -0.1) is 0 Å². The van der Waals surface area contributed by atoms with E-state index in [1.54, 1.807) is 24.3 Å². The van der Waals surface area contributed by atoms with Crippen molar-refractivity contribution >= 4 is 33.5 Å². The first kappa shape index (κ1) is 9.30. The molecule has 1 rings (SSSR count). The molecule has 0 saturated carbocycles. The van der Waals surface area contributed by atoms with Crippen LogP contribution in [0.15, 0.2) is 30.8 Å². The van der Waals surface area contributed by atoms with Crippen molar-refractivity contribution < 1.29 is 4.79 Å². The highest BCUT2D eigenvalue weighted by Crippen LogP contribution is 2.17. The van der Waals surface area contributed by atoms with Crippen LogP contribution in [-0.2, 0) is 0 Å². The van der Waals surface area contributed by atoms with Crippen LogP contribution < -0.4 is 0 Å². The molecule has 0 saturated heterocycles. The van der Waals surface area contributed by atoms with Crippen molar-refractivity contribution in [3.05, 3.63) is 42.0 Å². The zero-order chi connectivity index (χ0) is 9.14. The molecule has 0 atom stereocenters. The Morgan fingerprint density at radius 2 is 1.50 bits per heavy atom. The Balaban J connectivity index is 3.01. The Bertz CT molecular complexity index is 281. The number of halogens is 2.